The Hall–Kier alpha value is -3.18. The van der Waals surface area contributed by atoms with Gasteiger partial charge in [-0.2, -0.15) is 0 Å². The van der Waals surface area contributed by atoms with Crippen molar-refractivity contribution >= 4 is 23.7 Å². The van der Waals surface area contributed by atoms with Gasteiger partial charge in [0.25, 0.3) is 0 Å². The van der Waals surface area contributed by atoms with Crippen LogP contribution in [0.3, 0.4) is 0 Å². The highest BCUT2D eigenvalue weighted by atomic mass is 16.5. The lowest BCUT2D eigenvalue weighted by atomic mass is 9.93. The van der Waals surface area contributed by atoms with Crippen LogP contribution in [0.2, 0.25) is 0 Å². The fourth-order valence-electron chi connectivity index (χ4n) is 5.70. The maximum absolute atomic E-state index is 13.8. The number of amides is 3. The molecule has 3 N–H and O–H groups in total. The normalized spacial score (nSPS) is 21.6. The van der Waals surface area contributed by atoms with E-state index >= 15 is 0 Å². The molecule has 0 unspecified atom stereocenters. The van der Waals surface area contributed by atoms with Crippen molar-refractivity contribution in [3.05, 3.63) is 29.8 Å². The molecule has 0 spiro atoms. The maximum atomic E-state index is 13.8. The van der Waals surface area contributed by atoms with E-state index in [1.54, 1.807) is 29.0 Å². The van der Waals surface area contributed by atoms with Gasteiger partial charge in [0, 0.05) is 31.3 Å². The molecular formula is C28H41N5O6. The van der Waals surface area contributed by atoms with E-state index in [9.17, 15) is 19.2 Å². The molecule has 3 saturated heterocycles. The summed E-state index contributed by atoms with van der Waals surface area (Å²) in [6, 6.07) is 5.41. The van der Waals surface area contributed by atoms with Crippen molar-refractivity contribution in [3.63, 3.8) is 0 Å². The Bertz CT molecular complexity index is 1010. The average Bonchev–Trinajstić information content (AvgIpc) is 3.00. The van der Waals surface area contributed by atoms with Gasteiger partial charge >= 0.3 is 5.97 Å². The summed E-state index contributed by atoms with van der Waals surface area (Å²) in [5.74, 6) is -0.618. The number of carbonyl (C=O) groups is 4. The topological polar surface area (TPSA) is 129 Å². The van der Waals surface area contributed by atoms with Gasteiger partial charge in [0.15, 0.2) is 0 Å². The monoisotopic (exact) mass is 543 g/mol. The second kappa shape index (κ2) is 13.7. The van der Waals surface area contributed by atoms with Crippen LogP contribution < -0.4 is 20.7 Å². The quantitative estimate of drug-likeness (QED) is 0.389. The van der Waals surface area contributed by atoms with Crippen molar-refractivity contribution in [1.29, 1.82) is 0 Å². The molecule has 3 aliphatic rings. The summed E-state index contributed by atoms with van der Waals surface area (Å²) in [4.78, 5) is 56.7. The zero-order valence-corrected chi connectivity index (χ0v) is 22.9. The van der Waals surface area contributed by atoms with Crippen molar-refractivity contribution in [2.75, 3.05) is 60.0 Å². The third-order valence-corrected chi connectivity index (χ3v) is 8.06. The van der Waals surface area contributed by atoms with Gasteiger partial charge in [-0.25, -0.2) is 4.79 Å². The lowest BCUT2D eigenvalue weighted by Crippen LogP contribution is -2.64. The molecule has 3 fully saturated rings. The predicted octanol–water partition coefficient (Wildman–Crippen LogP) is -0.0659. The van der Waals surface area contributed by atoms with Crippen molar-refractivity contribution < 1.29 is 28.7 Å². The number of nitrogens with one attached hydrogen (secondary N) is 3. The van der Waals surface area contributed by atoms with Crippen LogP contribution in [0.5, 0.6) is 5.75 Å². The molecule has 39 heavy (non-hydrogen) atoms. The minimum absolute atomic E-state index is 0.0333. The number of piperazine rings is 1. The summed E-state index contributed by atoms with van der Waals surface area (Å²) in [6.45, 7) is 3.90. The van der Waals surface area contributed by atoms with Crippen molar-refractivity contribution in [2.45, 2.75) is 44.2 Å². The molecule has 1 aromatic rings. The van der Waals surface area contributed by atoms with Crippen LogP contribution in [0.4, 0.5) is 0 Å². The first-order chi connectivity index (χ1) is 18.9. The van der Waals surface area contributed by atoms with E-state index in [1.807, 2.05) is 12.1 Å². The van der Waals surface area contributed by atoms with Crippen LogP contribution in [-0.4, -0.2) is 106 Å². The fraction of sp³-hybridized carbons (Fsp3) is 0.643. The van der Waals surface area contributed by atoms with Gasteiger partial charge in [0.2, 0.25) is 17.7 Å². The molecule has 11 nitrogen and oxygen atoms in total. The van der Waals surface area contributed by atoms with Crippen LogP contribution in [-0.2, 0) is 30.3 Å². The number of carbonyl (C=O) groups excluding carboxylic acids is 4. The second-order valence-electron chi connectivity index (χ2n) is 10.5. The van der Waals surface area contributed by atoms with Crippen molar-refractivity contribution in [1.82, 2.24) is 25.8 Å². The number of hydrogen-bond donors (Lipinski definition) is 3. The standard InChI is InChI=1S/C28H41N5O6/c1-38-22-5-3-19(4-6-22)17-23(28(37)39-2)31-25(34)24-18-32(26(35)20-7-11-29-12-8-20)15-16-33(24)27(36)21-9-13-30-14-10-21/h3-6,20-21,23-24,29-30H,7-18H2,1-2H3,(H,31,34)/t23-,24-/m0/s1. The van der Waals surface area contributed by atoms with Gasteiger partial charge in [0.05, 0.1) is 20.8 Å². The minimum Gasteiger partial charge on any atom is -0.497 e. The van der Waals surface area contributed by atoms with E-state index in [-0.39, 0.29) is 36.6 Å². The zero-order chi connectivity index (χ0) is 27.8. The number of esters is 1. The molecular weight excluding hydrogens is 502 g/mol. The highest BCUT2D eigenvalue weighted by Crippen LogP contribution is 2.23. The van der Waals surface area contributed by atoms with Crippen molar-refractivity contribution in [3.8, 4) is 5.75 Å². The summed E-state index contributed by atoms with van der Waals surface area (Å²) in [5, 5.41) is 9.39. The average molecular weight is 544 g/mol. The van der Waals surface area contributed by atoms with Gasteiger partial charge in [-0.3, -0.25) is 14.4 Å². The Kier molecular flexibility index (Phi) is 10.2. The predicted molar refractivity (Wildman–Crippen MR) is 144 cm³/mol. The summed E-state index contributed by atoms with van der Waals surface area (Å²) in [7, 11) is 2.86. The molecule has 0 aliphatic carbocycles. The molecule has 4 rings (SSSR count). The fourth-order valence-corrected chi connectivity index (χ4v) is 5.70. The maximum Gasteiger partial charge on any atom is 0.328 e. The second-order valence-corrected chi connectivity index (χ2v) is 10.5. The van der Waals surface area contributed by atoms with Crippen molar-refractivity contribution in [2.24, 2.45) is 11.8 Å². The molecule has 11 heteroatoms. The summed E-state index contributed by atoms with van der Waals surface area (Å²) < 4.78 is 10.2. The number of methoxy groups -OCH3 is 2. The Morgan fingerprint density at radius 2 is 1.49 bits per heavy atom. The number of nitrogens with zero attached hydrogens (tertiary/aromatic N) is 2. The van der Waals surface area contributed by atoms with Gasteiger partial charge in [-0.1, -0.05) is 12.1 Å². The van der Waals surface area contributed by atoms with Crippen LogP contribution in [0, 0.1) is 11.8 Å². The van der Waals surface area contributed by atoms with Gasteiger partial charge in [-0.15, -0.1) is 0 Å². The Morgan fingerprint density at radius 3 is 2.05 bits per heavy atom. The van der Waals surface area contributed by atoms with Crippen LogP contribution in [0.25, 0.3) is 0 Å². The first-order valence-corrected chi connectivity index (χ1v) is 13.9. The van der Waals surface area contributed by atoms with E-state index < -0.39 is 24.0 Å². The van der Waals surface area contributed by atoms with E-state index in [4.69, 9.17) is 9.47 Å². The third kappa shape index (κ3) is 7.27. The lowest BCUT2D eigenvalue weighted by Gasteiger charge is -2.43. The smallest absolute Gasteiger partial charge is 0.328 e. The van der Waals surface area contributed by atoms with E-state index in [0.717, 1.165) is 44.6 Å². The molecule has 3 aliphatic heterocycles. The first kappa shape index (κ1) is 28.8. The molecule has 0 aromatic heterocycles. The molecule has 0 radical (unpaired) electrons. The minimum atomic E-state index is -0.942. The summed E-state index contributed by atoms with van der Waals surface area (Å²) >= 11 is 0. The highest BCUT2D eigenvalue weighted by molar-refractivity contribution is 5.92. The van der Waals surface area contributed by atoms with E-state index in [1.165, 1.54) is 7.11 Å². The highest BCUT2D eigenvalue weighted by Gasteiger charge is 2.41. The molecule has 3 heterocycles. The number of ether oxygens (including phenoxy) is 2. The van der Waals surface area contributed by atoms with Gasteiger partial charge in [0.1, 0.15) is 17.8 Å². The molecule has 0 bridgehead atoms. The van der Waals surface area contributed by atoms with Gasteiger partial charge < -0.3 is 35.2 Å². The molecule has 0 saturated carbocycles. The zero-order valence-electron chi connectivity index (χ0n) is 22.9. The number of benzene rings is 1. The van der Waals surface area contributed by atoms with Crippen LogP contribution in [0.15, 0.2) is 24.3 Å². The molecule has 1 aromatic carbocycles. The Balaban J connectivity index is 1.52. The number of hydrogen-bond acceptors (Lipinski definition) is 8. The Morgan fingerprint density at radius 1 is 0.897 bits per heavy atom. The first-order valence-electron chi connectivity index (χ1n) is 13.9. The molecule has 2 atom stereocenters. The lowest BCUT2D eigenvalue weighted by molar-refractivity contribution is -0.154. The number of rotatable bonds is 8. The Labute approximate surface area is 229 Å². The summed E-state index contributed by atoms with van der Waals surface area (Å²) in [6.07, 6.45) is 3.16. The molecule has 3 amide bonds. The number of piperidine rings is 2. The SMILES string of the molecule is COC(=O)[C@H](Cc1ccc(OC)cc1)NC(=O)[C@@H]1CN(C(=O)C2CCNCC2)CCN1C(=O)C1CCNCC1. The van der Waals surface area contributed by atoms with Gasteiger partial charge in [-0.05, 0) is 69.6 Å². The largest absolute Gasteiger partial charge is 0.497 e. The van der Waals surface area contributed by atoms with E-state index in [2.05, 4.69) is 16.0 Å². The van der Waals surface area contributed by atoms with Crippen LogP contribution in [0.1, 0.15) is 31.2 Å². The third-order valence-electron chi connectivity index (χ3n) is 8.06. The summed E-state index contributed by atoms with van der Waals surface area (Å²) in [5.41, 5.74) is 0.820. The van der Waals surface area contributed by atoms with Crippen LogP contribution >= 0.6 is 0 Å². The van der Waals surface area contributed by atoms with E-state index in [0.29, 0.717) is 31.7 Å². The molecule has 214 valence electrons.